The Morgan fingerprint density at radius 2 is 1.88 bits per heavy atom. The van der Waals surface area contributed by atoms with E-state index in [4.69, 9.17) is 14.5 Å². The van der Waals surface area contributed by atoms with Crippen LogP contribution >= 0.6 is 0 Å². The molecule has 214 valence electrons. The number of carbonyl (C=O) groups excluding carboxylic acids is 2. The molecule has 1 amide bonds. The van der Waals surface area contributed by atoms with Crippen molar-refractivity contribution in [1.82, 2.24) is 19.4 Å². The topological polar surface area (TPSA) is 114 Å². The molecule has 2 fully saturated rings. The Morgan fingerprint density at radius 1 is 1.10 bits per heavy atom. The van der Waals surface area contributed by atoms with Gasteiger partial charge >= 0.3 is 6.09 Å². The Bertz CT molecular complexity index is 1620. The molecule has 6 heterocycles. The normalized spacial score (nSPS) is 20.9. The summed E-state index contributed by atoms with van der Waals surface area (Å²) in [5, 5.41) is 11.3. The number of carbonyl (C=O) groups is 2. The Kier molecular flexibility index (Phi) is 6.54. The third kappa shape index (κ3) is 4.40. The number of piperidine rings is 2. The largest absolute Gasteiger partial charge is 0.480 e. The Morgan fingerprint density at radius 3 is 2.63 bits per heavy atom. The number of likely N-dealkylation sites (tertiary alicyclic amines) is 2. The zero-order chi connectivity index (χ0) is 28.2. The zero-order valence-corrected chi connectivity index (χ0v) is 23.2. The summed E-state index contributed by atoms with van der Waals surface area (Å²) in [6.07, 6.45) is 4.77. The second-order valence-electron chi connectivity index (χ2n) is 11.5. The molecule has 1 atom stereocenters. The smallest absolute Gasteiger partial charge is 0.415 e. The Hall–Kier alpha value is -3.76. The minimum Gasteiger partial charge on any atom is -0.480 e. The molecule has 3 aromatic rings. The van der Waals surface area contributed by atoms with Gasteiger partial charge in [-0.15, -0.1) is 0 Å². The molecule has 0 unspecified atom stereocenters. The fourth-order valence-corrected chi connectivity index (χ4v) is 6.96. The van der Waals surface area contributed by atoms with E-state index in [2.05, 4.69) is 4.90 Å². The molecule has 0 saturated carbocycles. The van der Waals surface area contributed by atoms with Crippen molar-refractivity contribution in [2.75, 3.05) is 32.8 Å². The van der Waals surface area contributed by atoms with Gasteiger partial charge in [-0.1, -0.05) is 13.3 Å². The standard InChI is InChI=1S/C31H34N4O6/c1-2-20-21-14-19(41-31(39)34-12-8-18(9-13-34)33-10-4-3-5-11-33)6-7-24(21)32-27-23(20)16-35-25(27)15-22-28(37)26(36)17-40-29(22)30(35)38/h6-7,14-15,18,28,37H,2-5,8-13,16-17H2,1H3/t28-/m0/s1. The Labute approximate surface area is 237 Å². The molecule has 4 aliphatic heterocycles. The van der Waals surface area contributed by atoms with Crippen LogP contribution < -0.4 is 15.0 Å². The molecule has 1 aromatic carbocycles. The van der Waals surface area contributed by atoms with E-state index in [1.165, 1.54) is 32.4 Å². The maximum Gasteiger partial charge on any atom is 0.415 e. The number of amides is 1. The zero-order valence-electron chi connectivity index (χ0n) is 23.2. The highest BCUT2D eigenvalue weighted by atomic mass is 16.6. The molecule has 10 heteroatoms. The van der Waals surface area contributed by atoms with Crippen molar-refractivity contribution in [3.63, 3.8) is 0 Å². The lowest BCUT2D eigenvalue weighted by molar-refractivity contribution is -0.131. The third-order valence-corrected chi connectivity index (χ3v) is 9.17. The van der Waals surface area contributed by atoms with Crippen molar-refractivity contribution in [2.24, 2.45) is 0 Å². The minimum atomic E-state index is -1.39. The number of benzene rings is 1. The van der Waals surface area contributed by atoms with Gasteiger partial charge in [-0.25, -0.2) is 9.78 Å². The van der Waals surface area contributed by atoms with Gasteiger partial charge in [-0.3, -0.25) is 14.2 Å². The van der Waals surface area contributed by atoms with E-state index in [-0.39, 0.29) is 29.6 Å². The van der Waals surface area contributed by atoms with Crippen LogP contribution in [-0.2, 0) is 17.8 Å². The van der Waals surface area contributed by atoms with Crippen molar-refractivity contribution in [3.05, 3.63) is 51.3 Å². The van der Waals surface area contributed by atoms with Crippen LogP contribution in [0.25, 0.3) is 22.3 Å². The molecule has 0 radical (unpaired) electrons. The van der Waals surface area contributed by atoms with E-state index in [1.54, 1.807) is 21.6 Å². The molecule has 1 N–H and O–H groups in total. The van der Waals surface area contributed by atoms with Crippen LogP contribution in [0, 0.1) is 0 Å². The number of nitrogens with zero attached hydrogens (tertiary/aromatic N) is 4. The number of ether oxygens (including phenoxy) is 2. The third-order valence-electron chi connectivity index (χ3n) is 9.17. The van der Waals surface area contributed by atoms with Crippen molar-refractivity contribution < 1.29 is 24.2 Å². The van der Waals surface area contributed by atoms with E-state index in [9.17, 15) is 19.5 Å². The van der Waals surface area contributed by atoms with Gasteiger partial charge < -0.3 is 24.4 Å². The molecule has 7 rings (SSSR count). The van der Waals surface area contributed by atoms with E-state index in [0.717, 1.165) is 29.4 Å². The summed E-state index contributed by atoms with van der Waals surface area (Å²) in [6.45, 7) is 5.76. The number of rotatable bonds is 3. The van der Waals surface area contributed by atoms with Crippen LogP contribution in [0.1, 0.15) is 61.8 Å². The second kappa shape index (κ2) is 10.3. The lowest BCUT2D eigenvalue weighted by Gasteiger charge is -2.39. The first-order valence-electron chi connectivity index (χ1n) is 14.7. The summed E-state index contributed by atoms with van der Waals surface area (Å²) >= 11 is 0. The molecular weight excluding hydrogens is 524 g/mol. The fourth-order valence-electron chi connectivity index (χ4n) is 6.96. The van der Waals surface area contributed by atoms with Gasteiger partial charge in [0.15, 0.2) is 5.75 Å². The SMILES string of the molecule is CCc1c2c(nc3ccc(OC(=O)N4CCC(N5CCCCC5)CC4)cc13)-c1cc3c(c(=O)n1C2)OCC(=O)[C@H]3O. The van der Waals surface area contributed by atoms with Crippen LogP contribution in [0.3, 0.4) is 0 Å². The average molecular weight is 559 g/mol. The number of hydrogen-bond acceptors (Lipinski definition) is 8. The highest BCUT2D eigenvalue weighted by Crippen LogP contribution is 2.40. The first-order valence-corrected chi connectivity index (χ1v) is 14.7. The molecule has 2 saturated heterocycles. The van der Waals surface area contributed by atoms with Crippen LogP contribution in [0.4, 0.5) is 4.79 Å². The van der Waals surface area contributed by atoms with E-state index >= 15 is 0 Å². The summed E-state index contributed by atoms with van der Waals surface area (Å²) in [6, 6.07) is 7.65. The summed E-state index contributed by atoms with van der Waals surface area (Å²) in [7, 11) is 0. The van der Waals surface area contributed by atoms with E-state index < -0.39 is 11.9 Å². The molecule has 41 heavy (non-hydrogen) atoms. The maximum atomic E-state index is 13.3. The van der Waals surface area contributed by atoms with Crippen molar-refractivity contribution >= 4 is 22.8 Å². The molecular formula is C31H34N4O6. The second-order valence-corrected chi connectivity index (χ2v) is 11.5. The summed E-state index contributed by atoms with van der Waals surface area (Å²) in [5.41, 5.74) is 3.66. The number of hydrogen-bond donors (Lipinski definition) is 1. The lowest BCUT2D eigenvalue weighted by Crippen LogP contribution is -2.48. The van der Waals surface area contributed by atoms with Crippen molar-refractivity contribution in [2.45, 2.75) is 64.1 Å². The van der Waals surface area contributed by atoms with Crippen LogP contribution in [0.5, 0.6) is 11.5 Å². The van der Waals surface area contributed by atoms with Gasteiger partial charge in [0, 0.05) is 35.6 Å². The highest BCUT2D eigenvalue weighted by molar-refractivity contribution is 5.91. The number of pyridine rings is 2. The van der Waals surface area contributed by atoms with Crippen LogP contribution in [-0.4, -0.2) is 75.2 Å². The Balaban J connectivity index is 1.14. The summed E-state index contributed by atoms with van der Waals surface area (Å²) in [4.78, 5) is 47.7. The number of aromatic nitrogens is 2. The van der Waals surface area contributed by atoms with Gasteiger partial charge in [-0.2, -0.15) is 0 Å². The molecule has 0 bridgehead atoms. The lowest BCUT2D eigenvalue weighted by atomic mass is 9.97. The number of Topliss-reactive ketones (excluding diaryl/α,β-unsaturated/α-hetero) is 1. The van der Waals surface area contributed by atoms with Crippen LogP contribution in [0.15, 0.2) is 29.1 Å². The first kappa shape index (κ1) is 26.2. The maximum absolute atomic E-state index is 13.3. The molecule has 2 aromatic heterocycles. The van der Waals surface area contributed by atoms with Gasteiger partial charge in [0.2, 0.25) is 5.78 Å². The minimum absolute atomic E-state index is 0.0189. The number of aryl methyl sites for hydroxylation is 1. The number of aliphatic hydroxyl groups is 1. The van der Waals surface area contributed by atoms with Crippen molar-refractivity contribution in [3.8, 4) is 22.9 Å². The average Bonchev–Trinajstić information content (AvgIpc) is 3.37. The van der Waals surface area contributed by atoms with Gasteiger partial charge in [0.05, 0.1) is 23.4 Å². The molecule has 4 aliphatic rings. The number of aliphatic hydroxyl groups excluding tert-OH is 1. The monoisotopic (exact) mass is 558 g/mol. The summed E-state index contributed by atoms with van der Waals surface area (Å²) in [5.74, 6) is 0.00920. The fraction of sp³-hybridized carbons (Fsp3) is 0.484. The van der Waals surface area contributed by atoms with E-state index in [1.807, 2.05) is 19.1 Å². The number of fused-ring (bicyclic) bond motifs is 5. The highest BCUT2D eigenvalue weighted by Gasteiger charge is 2.35. The van der Waals surface area contributed by atoms with Gasteiger partial charge in [-0.05, 0) is 75.0 Å². The predicted octanol–water partition coefficient (Wildman–Crippen LogP) is 3.43. The predicted molar refractivity (Wildman–Crippen MR) is 151 cm³/mol. The quantitative estimate of drug-likeness (QED) is 0.407. The van der Waals surface area contributed by atoms with E-state index in [0.29, 0.717) is 54.8 Å². The number of ketones is 1. The first-order chi connectivity index (χ1) is 19.9. The summed E-state index contributed by atoms with van der Waals surface area (Å²) < 4.78 is 12.9. The van der Waals surface area contributed by atoms with Gasteiger partial charge in [0.1, 0.15) is 18.5 Å². The molecule has 0 aliphatic carbocycles. The molecule has 0 spiro atoms. The van der Waals surface area contributed by atoms with Crippen LogP contribution in [0.2, 0.25) is 0 Å². The van der Waals surface area contributed by atoms with Gasteiger partial charge in [0.25, 0.3) is 5.56 Å². The van der Waals surface area contributed by atoms with Crippen molar-refractivity contribution in [1.29, 1.82) is 0 Å². The molecule has 10 nitrogen and oxygen atoms in total.